The average molecular weight is 413 g/mol. The molecule has 8 heteroatoms. The first-order chi connectivity index (χ1) is 12.6. The number of carbonyl (C=O) groups is 1. The molecule has 1 aliphatic rings. The van der Waals surface area contributed by atoms with Crippen LogP contribution in [0.15, 0.2) is 24.3 Å². The van der Waals surface area contributed by atoms with E-state index in [0.29, 0.717) is 29.9 Å². The van der Waals surface area contributed by atoms with Crippen molar-refractivity contribution in [3.05, 3.63) is 29.8 Å². The van der Waals surface area contributed by atoms with Crippen molar-refractivity contribution in [2.45, 2.75) is 44.6 Å². The van der Waals surface area contributed by atoms with Crippen LogP contribution in [-0.4, -0.2) is 44.5 Å². The molecule has 0 bridgehead atoms. The standard InChI is InChI=1S/C19H28N2O4S2/c1-25-17(22)16(13-14-5-7-15(20)8-6-14)21-18(26)19(9-3-10-19)11-4-12-27(2,23)24/h5-8,16H,3-4,9-13,20H2,1-2H3,(H,21,26)/t16-/m0/s1. The van der Waals surface area contributed by atoms with Gasteiger partial charge in [0.1, 0.15) is 15.9 Å². The number of nitrogens with one attached hydrogen (secondary N) is 1. The Hall–Kier alpha value is -1.67. The summed E-state index contributed by atoms with van der Waals surface area (Å²) in [5, 5.41) is 3.20. The molecular weight excluding hydrogens is 384 g/mol. The highest BCUT2D eigenvalue weighted by Gasteiger charge is 2.41. The molecule has 0 aliphatic heterocycles. The number of hydrogen-bond acceptors (Lipinski definition) is 6. The maximum Gasteiger partial charge on any atom is 0.328 e. The van der Waals surface area contributed by atoms with Gasteiger partial charge in [-0.05, 0) is 43.4 Å². The van der Waals surface area contributed by atoms with Crippen LogP contribution in [0.5, 0.6) is 0 Å². The highest BCUT2D eigenvalue weighted by Crippen LogP contribution is 2.45. The van der Waals surface area contributed by atoms with E-state index in [0.717, 1.165) is 24.8 Å². The van der Waals surface area contributed by atoms with E-state index in [9.17, 15) is 13.2 Å². The van der Waals surface area contributed by atoms with Crippen molar-refractivity contribution >= 4 is 38.7 Å². The predicted octanol–water partition coefficient (Wildman–Crippen LogP) is 2.27. The lowest BCUT2D eigenvalue weighted by molar-refractivity contribution is -0.142. The molecule has 1 aromatic rings. The number of methoxy groups -OCH3 is 1. The van der Waals surface area contributed by atoms with Gasteiger partial charge < -0.3 is 15.8 Å². The Bertz CT molecular complexity index is 771. The molecule has 0 saturated heterocycles. The SMILES string of the molecule is COC(=O)[C@H](Cc1ccc(N)cc1)NC(=S)C1(CCCS(C)(=O)=O)CCC1. The predicted molar refractivity (Wildman–Crippen MR) is 111 cm³/mol. The van der Waals surface area contributed by atoms with E-state index in [1.807, 2.05) is 12.1 Å². The zero-order chi connectivity index (χ0) is 20.1. The van der Waals surface area contributed by atoms with Gasteiger partial charge in [-0.15, -0.1) is 0 Å². The van der Waals surface area contributed by atoms with Gasteiger partial charge in [-0.25, -0.2) is 13.2 Å². The van der Waals surface area contributed by atoms with Crippen LogP contribution in [-0.2, 0) is 25.8 Å². The molecule has 0 radical (unpaired) electrons. The lowest BCUT2D eigenvalue weighted by Gasteiger charge is -2.43. The van der Waals surface area contributed by atoms with E-state index in [1.165, 1.54) is 13.4 Å². The molecule has 2 rings (SSSR count). The smallest absolute Gasteiger partial charge is 0.328 e. The molecule has 150 valence electrons. The van der Waals surface area contributed by atoms with Crippen LogP contribution in [0, 0.1) is 5.41 Å². The second kappa shape index (κ2) is 9.01. The number of nitrogens with two attached hydrogens (primary N) is 1. The summed E-state index contributed by atoms with van der Waals surface area (Å²) >= 11 is 5.64. The van der Waals surface area contributed by atoms with Gasteiger partial charge in [-0.2, -0.15) is 0 Å². The van der Waals surface area contributed by atoms with Gasteiger partial charge in [0.15, 0.2) is 0 Å². The summed E-state index contributed by atoms with van der Waals surface area (Å²) < 4.78 is 27.7. The number of esters is 1. The number of nitrogen functional groups attached to an aromatic ring is 1. The molecule has 27 heavy (non-hydrogen) atoms. The van der Waals surface area contributed by atoms with E-state index >= 15 is 0 Å². The van der Waals surface area contributed by atoms with Crippen LogP contribution in [0.25, 0.3) is 0 Å². The van der Waals surface area contributed by atoms with Crippen molar-refractivity contribution in [1.82, 2.24) is 5.32 Å². The van der Waals surface area contributed by atoms with Gasteiger partial charge in [0.05, 0.1) is 12.1 Å². The maximum atomic E-state index is 12.2. The van der Waals surface area contributed by atoms with Crippen LogP contribution < -0.4 is 11.1 Å². The number of ether oxygens (including phenoxy) is 1. The molecule has 0 spiro atoms. The molecule has 1 fully saturated rings. The van der Waals surface area contributed by atoms with Crippen molar-refractivity contribution < 1.29 is 17.9 Å². The monoisotopic (exact) mass is 412 g/mol. The molecule has 1 atom stereocenters. The van der Waals surface area contributed by atoms with Crippen LogP contribution in [0.2, 0.25) is 0 Å². The van der Waals surface area contributed by atoms with Gasteiger partial charge in [0.25, 0.3) is 0 Å². The van der Waals surface area contributed by atoms with Crippen molar-refractivity contribution in [2.24, 2.45) is 5.41 Å². The van der Waals surface area contributed by atoms with Crippen LogP contribution in [0.3, 0.4) is 0 Å². The summed E-state index contributed by atoms with van der Waals surface area (Å²) in [6.07, 6.45) is 5.85. The average Bonchev–Trinajstić information content (AvgIpc) is 2.56. The second-order valence-corrected chi connectivity index (χ2v) is 10.0. The lowest BCUT2D eigenvalue weighted by Crippen LogP contribution is -2.51. The van der Waals surface area contributed by atoms with Gasteiger partial charge in [0.2, 0.25) is 0 Å². The topological polar surface area (TPSA) is 98.5 Å². The third-order valence-electron chi connectivity index (χ3n) is 5.17. The first-order valence-corrected chi connectivity index (χ1v) is 11.5. The Labute approximate surface area is 166 Å². The summed E-state index contributed by atoms with van der Waals surface area (Å²) in [7, 11) is -1.63. The van der Waals surface area contributed by atoms with Gasteiger partial charge in [0, 0.05) is 29.5 Å². The van der Waals surface area contributed by atoms with Crippen LogP contribution in [0.4, 0.5) is 5.69 Å². The van der Waals surface area contributed by atoms with E-state index in [4.69, 9.17) is 22.7 Å². The van der Waals surface area contributed by atoms with E-state index < -0.39 is 15.9 Å². The molecule has 0 unspecified atom stereocenters. The fraction of sp³-hybridized carbons (Fsp3) is 0.579. The largest absolute Gasteiger partial charge is 0.467 e. The summed E-state index contributed by atoms with van der Waals surface area (Å²) in [6.45, 7) is 0. The Kier molecular flexibility index (Phi) is 7.22. The molecule has 1 aliphatic carbocycles. The molecule has 6 nitrogen and oxygen atoms in total. The minimum absolute atomic E-state index is 0.156. The van der Waals surface area contributed by atoms with Crippen LogP contribution in [0.1, 0.15) is 37.7 Å². The van der Waals surface area contributed by atoms with E-state index in [-0.39, 0.29) is 17.1 Å². The van der Waals surface area contributed by atoms with Crippen molar-refractivity contribution in [2.75, 3.05) is 24.9 Å². The lowest BCUT2D eigenvalue weighted by atomic mass is 9.66. The number of thiocarbonyl (C=S) groups is 1. The quantitative estimate of drug-likeness (QED) is 0.365. The van der Waals surface area contributed by atoms with Crippen molar-refractivity contribution in [1.29, 1.82) is 0 Å². The second-order valence-electron chi connectivity index (χ2n) is 7.36. The normalized spacial score (nSPS) is 16.8. The number of carbonyl (C=O) groups excluding carboxylic acids is 1. The van der Waals surface area contributed by atoms with Gasteiger partial charge in [-0.3, -0.25) is 0 Å². The van der Waals surface area contributed by atoms with Crippen molar-refractivity contribution in [3.8, 4) is 0 Å². The first-order valence-electron chi connectivity index (χ1n) is 9.06. The molecule has 0 aromatic heterocycles. The highest BCUT2D eigenvalue weighted by molar-refractivity contribution is 7.90. The van der Waals surface area contributed by atoms with Crippen LogP contribution >= 0.6 is 12.2 Å². The molecule has 0 amide bonds. The molecule has 1 saturated carbocycles. The zero-order valence-electron chi connectivity index (χ0n) is 15.9. The van der Waals surface area contributed by atoms with Crippen molar-refractivity contribution in [3.63, 3.8) is 0 Å². The Balaban J connectivity index is 2.04. The Morgan fingerprint density at radius 2 is 1.96 bits per heavy atom. The number of sulfone groups is 1. The molecule has 1 aromatic carbocycles. The Morgan fingerprint density at radius 3 is 2.44 bits per heavy atom. The summed E-state index contributed by atoms with van der Waals surface area (Å²) in [6, 6.07) is 6.75. The summed E-state index contributed by atoms with van der Waals surface area (Å²) in [4.78, 5) is 12.9. The van der Waals surface area contributed by atoms with Gasteiger partial charge >= 0.3 is 5.97 Å². The minimum Gasteiger partial charge on any atom is -0.467 e. The highest BCUT2D eigenvalue weighted by atomic mass is 32.2. The third-order valence-corrected chi connectivity index (χ3v) is 6.75. The van der Waals surface area contributed by atoms with E-state index in [2.05, 4.69) is 5.32 Å². The first kappa shape index (κ1) is 21.6. The number of hydrogen-bond donors (Lipinski definition) is 2. The molecular formula is C19H28N2O4S2. The number of rotatable bonds is 9. The number of benzene rings is 1. The summed E-state index contributed by atoms with van der Waals surface area (Å²) in [5.74, 6) is -0.219. The fourth-order valence-electron chi connectivity index (χ4n) is 3.40. The zero-order valence-corrected chi connectivity index (χ0v) is 17.5. The maximum absolute atomic E-state index is 12.2. The number of anilines is 1. The van der Waals surface area contributed by atoms with Gasteiger partial charge in [-0.1, -0.05) is 30.8 Å². The fourth-order valence-corrected chi connectivity index (χ4v) is 4.52. The Morgan fingerprint density at radius 1 is 1.33 bits per heavy atom. The minimum atomic E-state index is -2.99. The molecule has 3 N–H and O–H groups in total. The molecule has 0 heterocycles. The third kappa shape index (κ3) is 6.17. The summed E-state index contributed by atoms with van der Waals surface area (Å²) in [5.41, 5.74) is 7.11. The van der Waals surface area contributed by atoms with E-state index in [1.54, 1.807) is 12.1 Å².